The second kappa shape index (κ2) is 30.0. The van der Waals surface area contributed by atoms with E-state index in [-0.39, 0.29) is 36.7 Å². The number of nitrogens with zero attached hydrogens (tertiary/aromatic N) is 6. The van der Waals surface area contributed by atoms with Gasteiger partial charge in [-0.15, -0.1) is 0 Å². The van der Waals surface area contributed by atoms with Gasteiger partial charge in [0.25, 0.3) is 5.91 Å². The highest BCUT2D eigenvalue weighted by Gasteiger charge is 2.42. The van der Waals surface area contributed by atoms with Crippen molar-refractivity contribution in [3.8, 4) is 11.5 Å². The van der Waals surface area contributed by atoms with E-state index >= 15 is 0 Å². The SMILES string of the molecule is CCC1CCN(CC2Oc3cc(Br)c(Cl)cc3N(CC3CN(C(c4ccccc4)c4ccccc4)C3)C2=O)CC1.CN(C(=O)OC(C)(C)C)C1CCN(CC(Oc2cc(Br)c(Cl)cc2NCC2CN(C(c3ccccc3)c3ccccc3)C2)C(=O)O)CC1. The smallest absolute Gasteiger partial charge is 0.410 e. The van der Waals surface area contributed by atoms with Crippen molar-refractivity contribution >= 4 is 84.4 Å². The molecule has 0 bridgehead atoms. The first-order valence-corrected chi connectivity index (χ1v) is 33.4. The number of anilines is 2. The Kier molecular flexibility index (Phi) is 22.2. The summed E-state index contributed by atoms with van der Waals surface area (Å²) in [6.45, 7) is 17.1. The summed E-state index contributed by atoms with van der Waals surface area (Å²) >= 11 is 20.0. The van der Waals surface area contributed by atoms with Crippen LogP contribution in [0.3, 0.4) is 0 Å². The summed E-state index contributed by atoms with van der Waals surface area (Å²) in [4.78, 5) is 52.0. The topological polar surface area (TPSA) is 131 Å². The minimum atomic E-state index is -1.09. The summed E-state index contributed by atoms with van der Waals surface area (Å²) in [5.41, 5.74) is 6.00. The Morgan fingerprint density at radius 1 is 0.682 bits per heavy atom. The first-order valence-electron chi connectivity index (χ1n) is 31.1. The molecule has 14 nitrogen and oxygen atoms in total. The molecule has 18 heteroatoms. The third kappa shape index (κ3) is 16.6. The number of hydrogen-bond donors (Lipinski definition) is 2. The number of amides is 2. The van der Waals surface area contributed by atoms with Crippen molar-refractivity contribution in [2.45, 2.75) is 95.7 Å². The highest BCUT2D eigenvalue weighted by atomic mass is 79.9. The summed E-state index contributed by atoms with van der Waals surface area (Å²) < 4.78 is 19.5. The van der Waals surface area contributed by atoms with Gasteiger partial charge >= 0.3 is 12.1 Å². The van der Waals surface area contributed by atoms with Gasteiger partial charge in [0.05, 0.1) is 33.5 Å². The van der Waals surface area contributed by atoms with E-state index in [1.807, 2.05) is 49.9 Å². The number of likely N-dealkylation sites (tertiary alicyclic amines) is 4. The molecule has 2 amide bonds. The number of carboxylic acids is 1. The van der Waals surface area contributed by atoms with E-state index in [1.54, 1.807) is 24.1 Å². The monoisotopic (exact) mass is 1360 g/mol. The Morgan fingerprint density at radius 2 is 1.17 bits per heavy atom. The van der Waals surface area contributed by atoms with Crippen molar-refractivity contribution in [1.29, 1.82) is 0 Å². The zero-order valence-electron chi connectivity index (χ0n) is 51.1. The molecule has 0 saturated carbocycles. The molecule has 2 unspecified atom stereocenters. The molecule has 468 valence electrons. The standard InChI is InChI=1S/C37H46BrClN4O5.C33H37BrClN3O2/c1-37(2,3)48-36(46)41(4)28-15-17-42(18-16-28)24-33(35(44)45)47-32-19-29(38)30(39)20-31(32)40-21-25-22-43(23-25)34(26-11-7-5-8-12-26)27-13-9-6-10-14-27;1-2-23-13-15-36(16-14-23)22-31-33(39)38(29-18-28(35)27(34)17-30(29)40-31)21-24-19-37(20-24)32(25-9-5-3-6-10-25)26-11-7-4-8-12-26/h5-14,19-20,25,28,33-34,40H,15-18,21-24H2,1-4H3,(H,44,45);3-12,17-18,23-24,31-32H,2,13-16,19-22H2,1H3. The molecule has 0 spiro atoms. The third-order valence-electron chi connectivity index (χ3n) is 17.8. The molecule has 0 aromatic heterocycles. The Morgan fingerprint density at radius 3 is 1.67 bits per heavy atom. The van der Waals surface area contributed by atoms with Crippen molar-refractivity contribution in [3.63, 3.8) is 0 Å². The number of carboxylic acid groups (broad SMARTS) is 1. The minimum absolute atomic E-state index is 0.0291. The second-order valence-corrected chi connectivity index (χ2v) is 27.8. The Labute approximate surface area is 546 Å². The Hall–Kier alpha value is -5.69. The molecule has 2 atom stereocenters. The quantitative estimate of drug-likeness (QED) is 0.0754. The van der Waals surface area contributed by atoms with E-state index in [0.717, 1.165) is 73.9 Å². The molecule has 6 aromatic carbocycles. The van der Waals surface area contributed by atoms with Crippen molar-refractivity contribution in [2.24, 2.45) is 17.8 Å². The summed E-state index contributed by atoms with van der Waals surface area (Å²) in [6, 6.07) is 50.3. The van der Waals surface area contributed by atoms with Crippen LogP contribution in [0, 0.1) is 17.8 Å². The fourth-order valence-corrected chi connectivity index (χ4v) is 13.9. The van der Waals surface area contributed by atoms with Crippen LogP contribution in [0.25, 0.3) is 0 Å². The molecular formula is C70H83Br2Cl2N7O7. The van der Waals surface area contributed by atoms with Crippen LogP contribution >= 0.6 is 55.1 Å². The highest BCUT2D eigenvalue weighted by Crippen LogP contribution is 2.43. The van der Waals surface area contributed by atoms with Gasteiger partial charge in [-0.25, -0.2) is 9.59 Å². The normalized spacial score (nSPS) is 18.8. The number of ether oxygens (including phenoxy) is 3. The molecule has 6 aromatic rings. The van der Waals surface area contributed by atoms with Crippen LogP contribution in [0.4, 0.5) is 16.2 Å². The molecule has 0 radical (unpaired) electrons. The fraction of sp³-hybridized carbons (Fsp3) is 0.443. The summed E-state index contributed by atoms with van der Waals surface area (Å²) in [5.74, 6) is 1.73. The largest absolute Gasteiger partial charge is 0.478 e. The van der Waals surface area contributed by atoms with Crippen molar-refractivity contribution in [2.75, 3.05) is 95.8 Å². The lowest BCUT2D eigenvalue weighted by molar-refractivity contribution is -0.146. The number of rotatable bonds is 20. The number of nitrogens with one attached hydrogen (secondary N) is 1. The van der Waals surface area contributed by atoms with E-state index < -0.39 is 23.8 Å². The number of carbonyl (C=O) groups excluding carboxylic acids is 2. The highest BCUT2D eigenvalue weighted by molar-refractivity contribution is 9.10. The lowest BCUT2D eigenvalue weighted by Crippen LogP contribution is -2.57. The third-order valence-corrected chi connectivity index (χ3v) is 20.2. The first-order chi connectivity index (χ1) is 42.4. The van der Waals surface area contributed by atoms with Gasteiger partial charge in [0.2, 0.25) is 6.10 Å². The second-order valence-electron chi connectivity index (χ2n) is 25.2. The van der Waals surface area contributed by atoms with Crippen LogP contribution < -0.4 is 19.7 Å². The maximum atomic E-state index is 13.9. The number of fused-ring (bicyclic) bond motifs is 1. The number of carbonyl (C=O) groups is 3. The van der Waals surface area contributed by atoms with E-state index in [9.17, 15) is 19.5 Å². The average Bonchev–Trinajstić information content (AvgIpc) is 1.30. The summed E-state index contributed by atoms with van der Waals surface area (Å²) in [5, 5.41) is 14.8. The molecule has 4 fully saturated rings. The number of benzene rings is 6. The van der Waals surface area contributed by atoms with Gasteiger partial charge in [-0.05, 0) is 144 Å². The van der Waals surface area contributed by atoms with Gasteiger partial charge in [0.1, 0.15) is 17.1 Å². The maximum Gasteiger partial charge on any atom is 0.410 e. The van der Waals surface area contributed by atoms with Crippen LogP contribution in [0.1, 0.15) is 94.1 Å². The fourth-order valence-electron chi connectivity index (χ4n) is 12.9. The molecular weight excluding hydrogens is 1280 g/mol. The molecule has 0 aliphatic carbocycles. The van der Waals surface area contributed by atoms with Gasteiger partial charge in [0, 0.05) is 99.3 Å². The molecule has 4 saturated heterocycles. The van der Waals surface area contributed by atoms with E-state index in [1.165, 1.54) is 41.5 Å². The van der Waals surface area contributed by atoms with Gasteiger partial charge in [-0.3, -0.25) is 24.4 Å². The van der Waals surface area contributed by atoms with Gasteiger partial charge in [0.15, 0.2) is 6.10 Å². The van der Waals surface area contributed by atoms with Crippen LogP contribution in [-0.4, -0.2) is 157 Å². The van der Waals surface area contributed by atoms with E-state index in [2.05, 4.69) is 173 Å². The molecule has 5 aliphatic heterocycles. The van der Waals surface area contributed by atoms with Crippen molar-refractivity contribution in [1.82, 2.24) is 24.5 Å². The first kappa shape index (κ1) is 65.3. The summed E-state index contributed by atoms with van der Waals surface area (Å²) in [7, 11) is 1.76. The zero-order valence-corrected chi connectivity index (χ0v) is 55.8. The number of hydrogen-bond acceptors (Lipinski definition) is 11. The molecule has 5 aliphatic rings. The van der Waals surface area contributed by atoms with Crippen LogP contribution in [0.15, 0.2) is 155 Å². The predicted molar refractivity (Wildman–Crippen MR) is 358 cm³/mol. The lowest BCUT2D eigenvalue weighted by atomic mass is 9.89. The Balaban J connectivity index is 0.000000197. The van der Waals surface area contributed by atoms with Crippen LogP contribution in [-0.2, 0) is 14.3 Å². The number of halogens is 4. The number of piperidine rings is 2. The van der Waals surface area contributed by atoms with Gasteiger partial charge < -0.3 is 34.4 Å². The maximum absolute atomic E-state index is 13.9. The van der Waals surface area contributed by atoms with Gasteiger partial charge in [-0.1, -0.05) is 158 Å². The lowest BCUT2D eigenvalue weighted by Gasteiger charge is -2.47. The van der Waals surface area contributed by atoms with Crippen LogP contribution in [0.2, 0.25) is 10.0 Å². The van der Waals surface area contributed by atoms with Crippen molar-refractivity contribution < 1.29 is 33.7 Å². The molecule has 5 heterocycles. The molecule has 11 rings (SSSR count). The molecule has 88 heavy (non-hydrogen) atoms. The van der Waals surface area contributed by atoms with Crippen LogP contribution in [0.5, 0.6) is 11.5 Å². The summed E-state index contributed by atoms with van der Waals surface area (Å²) in [6.07, 6.45) is 3.12. The molecule has 2 N–H and O–H groups in total. The minimum Gasteiger partial charge on any atom is -0.478 e. The Bertz CT molecular complexity index is 3190. The average molecular weight is 1370 g/mol. The van der Waals surface area contributed by atoms with E-state index in [4.69, 9.17) is 37.4 Å². The van der Waals surface area contributed by atoms with Gasteiger partial charge in [-0.2, -0.15) is 0 Å². The van der Waals surface area contributed by atoms with Crippen molar-refractivity contribution in [3.05, 3.63) is 187 Å². The number of aliphatic carboxylic acids is 1. The van der Waals surface area contributed by atoms with E-state index in [0.29, 0.717) is 70.5 Å². The predicted octanol–water partition coefficient (Wildman–Crippen LogP) is 14.4. The zero-order chi connectivity index (χ0) is 62.1.